The molecule has 2 N–H and O–H groups in total. The number of nitrogen functional groups attached to an aromatic ring is 1. The first kappa shape index (κ1) is 23.3. The minimum Gasteiger partial charge on any atom is -0.462 e. The molecule has 2 aromatic heterocycles. The van der Waals surface area contributed by atoms with Gasteiger partial charge >= 0.3 is 5.97 Å². The van der Waals surface area contributed by atoms with Crippen LogP contribution in [0.15, 0.2) is 35.9 Å². The minimum atomic E-state index is -0.397. The van der Waals surface area contributed by atoms with Crippen molar-refractivity contribution < 1.29 is 9.53 Å². The Morgan fingerprint density at radius 2 is 1.82 bits per heavy atom. The topological polar surface area (TPSA) is 83.0 Å². The van der Waals surface area contributed by atoms with Crippen LogP contribution in [0.4, 0.5) is 5.82 Å². The summed E-state index contributed by atoms with van der Waals surface area (Å²) in [5.41, 5.74) is 11.1. The van der Waals surface area contributed by atoms with Crippen molar-refractivity contribution in [3.05, 3.63) is 41.5 Å². The molecular weight excluding hydrogens is 412 g/mol. The van der Waals surface area contributed by atoms with Crippen molar-refractivity contribution in [3.8, 4) is 0 Å². The molecule has 3 aromatic rings. The van der Waals surface area contributed by atoms with Gasteiger partial charge in [-0.05, 0) is 50.7 Å². The number of nitrogens with zero attached hydrogens (tertiary/aromatic N) is 3. The summed E-state index contributed by atoms with van der Waals surface area (Å²) >= 11 is 0. The molecule has 0 saturated carbocycles. The highest BCUT2D eigenvalue weighted by Crippen LogP contribution is 2.30. The zero-order chi connectivity index (χ0) is 23.0. The number of rotatable bonds is 11. The van der Waals surface area contributed by atoms with Crippen molar-refractivity contribution in [3.63, 3.8) is 0 Å². The summed E-state index contributed by atoms with van der Waals surface area (Å²) in [6.07, 6.45) is 14.9. The molecule has 6 heteroatoms. The molecule has 33 heavy (non-hydrogen) atoms. The van der Waals surface area contributed by atoms with Crippen LogP contribution in [-0.4, -0.2) is 27.1 Å². The summed E-state index contributed by atoms with van der Waals surface area (Å²) in [5, 5.41) is 0. The van der Waals surface area contributed by atoms with Gasteiger partial charge in [-0.15, -0.1) is 0 Å². The number of fused-ring (bicyclic) bond motifs is 2. The summed E-state index contributed by atoms with van der Waals surface area (Å²) in [4.78, 5) is 22.7. The number of anilines is 1. The Morgan fingerprint density at radius 3 is 2.58 bits per heavy atom. The summed E-state index contributed by atoms with van der Waals surface area (Å²) in [6.45, 7) is 3.30. The van der Waals surface area contributed by atoms with Crippen LogP contribution in [0.1, 0.15) is 87.9 Å². The van der Waals surface area contributed by atoms with Gasteiger partial charge in [-0.1, -0.05) is 62.8 Å². The van der Waals surface area contributed by atoms with Gasteiger partial charge in [0.1, 0.15) is 16.9 Å². The van der Waals surface area contributed by atoms with E-state index in [0.29, 0.717) is 35.7 Å². The zero-order valence-electron chi connectivity index (χ0n) is 19.8. The third kappa shape index (κ3) is 5.55. The average molecular weight is 449 g/mol. The van der Waals surface area contributed by atoms with Crippen LogP contribution in [0.5, 0.6) is 0 Å². The van der Waals surface area contributed by atoms with Gasteiger partial charge in [0.15, 0.2) is 5.65 Å². The molecule has 1 aromatic carbocycles. The number of nitrogens with two attached hydrogens (primary N) is 1. The Bertz CT molecular complexity index is 1130. The Morgan fingerprint density at radius 1 is 1.06 bits per heavy atom. The van der Waals surface area contributed by atoms with Crippen LogP contribution in [0, 0.1) is 0 Å². The highest BCUT2D eigenvalue weighted by Gasteiger charge is 2.25. The maximum Gasteiger partial charge on any atom is 0.344 e. The fraction of sp³-hybridized carbons (Fsp3) is 0.519. The van der Waals surface area contributed by atoms with Crippen molar-refractivity contribution in [2.24, 2.45) is 0 Å². The number of esters is 1. The van der Waals surface area contributed by atoms with Gasteiger partial charge in [0.25, 0.3) is 0 Å². The molecule has 0 radical (unpaired) electrons. The number of hydrogen-bond acceptors (Lipinski definition) is 5. The van der Waals surface area contributed by atoms with Gasteiger partial charge < -0.3 is 15.0 Å². The first-order valence-electron chi connectivity index (χ1n) is 12.6. The van der Waals surface area contributed by atoms with Gasteiger partial charge in [-0.3, -0.25) is 0 Å². The normalized spacial score (nSPS) is 14.0. The molecular formula is C27H36N4O2. The summed E-state index contributed by atoms with van der Waals surface area (Å²) in [7, 11) is 0. The van der Waals surface area contributed by atoms with E-state index in [9.17, 15) is 4.79 Å². The van der Waals surface area contributed by atoms with Crippen LogP contribution in [0.2, 0.25) is 0 Å². The molecule has 0 unspecified atom stereocenters. The lowest BCUT2D eigenvalue weighted by Gasteiger charge is -2.14. The maximum atomic E-state index is 13.1. The second-order valence-electron chi connectivity index (χ2n) is 9.06. The van der Waals surface area contributed by atoms with E-state index >= 15 is 0 Å². The summed E-state index contributed by atoms with van der Waals surface area (Å²) in [5.74, 6) is 0.0101. The van der Waals surface area contributed by atoms with Gasteiger partial charge in [0.05, 0.1) is 17.6 Å². The second kappa shape index (κ2) is 11.3. The number of para-hydroxylation sites is 2. The Hall–Kier alpha value is -2.89. The van der Waals surface area contributed by atoms with Crippen molar-refractivity contribution in [2.45, 2.75) is 84.1 Å². The molecule has 1 aliphatic carbocycles. The predicted octanol–water partition coefficient (Wildman–Crippen LogP) is 6.57. The van der Waals surface area contributed by atoms with Gasteiger partial charge in [0, 0.05) is 6.54 Å². The fourth-order valence-electron chi connectivity index (χ4n) is 4.65. The molecule has 0 atom stereocenters. The van der Waals surface area contributed by atoms with E-state index in [-0.39, 0.29) is 0 Å². The Balaban J connectivity index is 1.56. The van der Waals surface area contributed by atoms with Crippen LogP contribution >= 0.6 is 0 Å². The highest BCUT2D eigenvalue weighted by molar-refractivity contribution is 6.08. The van der Waals surface area contributed by atoms with E-state index in [1.54, 1.807) is 0 Å². The number of carbonyl (C=O) groups excluding carboxylic acids is 1. The Kier molecular flexibility index (Phi) is 7.97. The predicted molar refractivity (Wildman–Crippen MR) is 134 cm³/mol. The molecule has 0 spiro atoms. The number of unbranched alkanes of at least 4 members (excludes halogenated alkanes) is 5. The van der Waals surface area contributed by atoms with Crippen LogP contribution in [-0.2, 0) is 11.3 Å². The maximum absolute atomic E-state index is 13.1. The quantitative estimate of drug-likeness (QED) is 0.204. The van der Waals surface area contributed by atoms with Gasteiger partial charge in [-0.2, -0.15) is 0 Å². The fourth-order valence-corrected chi connectivity index (χ4v) is 4.65. The second-order valence-corrected chi connectivity index (χ2v) is 9.06. The highest BCUT2D eigenvalue weighted by atomic mass is 16.5. The summed E-state index contributed by atoms with van der Waals surface area (Å²) < 4.78 is 7.58. The largest absolute Gasteiger partial charge is 0.462 e. The number of carbonyl (C=O) groups is 1. The molecule has 0 bridgehead atoms. The van der Waals surface area contributed by atoms with Crippen molar-refractivity contribution in [1.29, 1.82) is 0 Å². The first-order valence-corrected chi connectivity index (χ1v) is 12.6. The van der Waals surface area contributed by atoms with E-state index in [4.69, 9.17) is 20.4 Å². The van der Waals surface area contributed by atoms with E-state index in [1.807, 2.05) is 28.8 Å². The third-order valence-corrected chi connectivity index (χ3v) is 6.57. The molecule has 0 fully saturated rings. The van der Waals surface area contributed by atoms with E-state index in [2.05, 4.69) is 13.0 Å². The van der Waals surface area contributed by atoms with Crippen LogP contribution in [0.3, 0.4) is 0 Å². The number of ether oxygens (including phenoxy) is 1. The number of hydrogen-bond donors (Lipinski definition) is 1. The molecule has 6 nitrogen and oxygen atoms in total. The lowest BCUT2D eigenvalue weighted by atomic mass is 9.97. The first-order chi connectivity index (χ1) is 16.2. The van der Waals surface area contributed by atoms with Gasteiger partial charge in [0.2, 0.25) is 0 Å². The lowest BCUT2D eigenvalue weighted by Crippen LogP contribution is -2.11. The minimum absolute atomic E-state index is 0.354. The number of aromatic nitrogens is 3. The molecule has 1 aliphatic rings. The van der Waals surface area contributed by atoms with Crippen molar-refractivity contribution >= 4 is 34.0 Å². The molecule has 176 valence electrons. The van der Waals surface area contributed by atoms with Crippen LogP contribution < -0.4 is 5.73 Å². The Labute approximate surface area is 196 Å². The SMILES string of the molecule is CCCCCCCCOC(=O)c1c(N)n(CCC2=CCCCC2)c2nc3ccccc3nc12. The van der Waals surface area contributed by atoms with Crippen molar-refractivity contribution in [2.75, 3.05) is 12.3 Å². The molecule has 0 aliphatic heterocycles. The molecule has 2 heterocycles. The van der Waals surface area contributed by atoms with E-state index < -0.39 is 5.97 Å². The monoisotopic (exact) mass is 448 g/mol. The third-order valence-electron chi connectivity index (χ3n) is 6.57. The van der Waals surface area contributed by atoms with E-state index in [0.717, 1.165) is 43.1 Å². The number of aryl methyl sites for hydroxylation is 1. The average Bonchev–Trinajstić information content (AvgIpc) is 3.11. The van der Waals surface area contributed by atoms with Crippen LogP contribution in [0.25, 0.3) is 22.2 Å². The molecule has 0 amide bonds. The lowest BCUT2D eigenvalue weighted by molar-refractivity contribution is 0.0501. The zero-order valence-corrected chi connectivity index (χ0v) is 19.8. The van der Waals surface area contributed by atoms with E-state index in [1.165, 1.54) is 44.1 Å². The summed E-state index contributed by atoms with van der Waals surface area (Å²) in [6, 6.07) is 7.72. The smallest absolute Gasteiger partial charge is 0.344 e. The number of allylic oxidation sites excluding steroid dienone is 2. The number of benzene rings is 1. The van der Waals surface area contributed by atoms with Crippen molar-refractivity contribution in [1.82, 2.24) is 14.5 Å². The molecule has 4 rings (SSSR count). The molecule has 0 saturated heterocycles. The standard InChI is InChI=1S/C27H36N4O2/c1-2-3-4-5-6-12-19-33-27(32)23-24-26(30-22-16-11-10-15-21(22)29-24)31(25(23)28)18-17-20-13-8-7-9-14-20/h10-11,13,15-16H,2-9,12,14,17-19,28H2,1H3. The van der Waals surface area contributed by atoms with Gasteiger partial charge in [-0.25, -0.2) is 14.8 Å².